The Morgan fingerprint density at radius 2 is 0.787 bits per heavy atom. The molecule has 9 rings (SSSR count). The van der Waals surface area contributed by atoms with Crippen molar-refractivity contribution in [2.24, 2.45) is 0 Å². The summed E-state index contributed by atoms with van der Waals surface area (Å²) in [5, 5.41) is 19.3. The molecule has 0 saturated heterocycles. The van der Waals surface area contributed by atoms with Gasteiger partial charge in [-0.15, -0.1) is 0 Å². The molecule has 0 atom stereocenters. The lowest BCUT2D eigenvalue weighted by atomic mass is 9.91. The van der Waals surface area contributed by atoms with Crippen molar-refractivity contribution in [2.45, 2.75) is 12.4 Å². The summed E-state index contributed by atoms with van der Waals surface area (Å²) < 4.78 is 87.1. The summed E-state index contributed by atoms with van der Waals surface area (Å²) in [6, 6.07) is 46.0. The molecule has 0 amide bonds. The first kappa shape index (κ1) is 38.4. The van der Waals surface area contributed by atoms with E-state index in [0.29, 0.717) is 56.3 Å². The molecule has 9 aromatic rings. The van der Waals surface area contributed by atoms with Crippen molar-refractivity contribution < 1.29 is 26.3 Å². The van der Waals surface area contributed by atoms with Crippen molar-refractivity contribution in [1.29, 1.82) is 10.5 Å². The van der Waals surface area contributed by atoms with Gasteiger partial charge in [0.2, 0.25) is 0 Å². The topological polar surface area (TPSA) is 91.2 Å². The van der Waals surface area contributed by atoms with Gasteiger partial charge >= 0.3 is 12.4 Å². The van der Waals surface area contributed by atoms with Gasteiger partial charge in [-0.2, -0.15) is 36.9 Å². The fourth-order valence-corrected chi connectivity index (χ4v) is 7.45. The van der Waals surface area contributed by atoms with Crippen molar-refractivity contribution in [2.75, 3.05) is 0 Å². The molecule has 0 unspecified atom stereocenters. The Hall–Kier alpha value is -8.09. The predicted octanol–water partition coefficient (Wildman–Crippen LogP) is 13.1. The minimum atomic E-state index is -4.78. The molecule has 0 saturated carbocycles. The van der Waals surface area contributed by atoms with Crippen molar-refractivity contribution in [3.8, 4) is 74.2 Å². The number of benzene rings is 7. The first-order chi connectivity index (χ1) is 29.4. The highest BCUT2D eigenvalue weighted by Crippen LogP contribution is 2.46. The van der Waals surface area contributed by atoms with E-state index in [1.165, 1.54) is 12.1 Å². The minimum Gasteiger partial charge on any atom is -0.308 e. The smallest absolute Gasteiger partial charge is 0.308 e. The van der Waals surface area contributed by atoms with Crippen LogP contribution in [0.4, 0.5) is 26.3 Å². The summed E-state index contributed by atoms with van der Waals surface area (Å²) in [5.74, 6) is 1.05. The summed E-state index contributed by atoms with van der Waals surface area (Å²) in [6.45, 7) is 0. The molecule has 2 aromatic heterocycles. The van der Waals surface area contributed by atoms with E-state index >= 15 is 0 Å². The van der Waals surface area contributed by atoms with E-state index in [2.05, 4.69) is 12.1 Å². The molecule has 6 nitrogen and oxygen atoms in total. The Bertz CT molecular complexity index is 3010. The first-order valence-corrected chi connectivity index (χ1v) is 18.7. The average molecular weight is 813 g/mol. The summed E-state index contributed by atoms with van der Waals surface area (Å²) in [6.07, 6.45) is -9.57. The molecule has 0 aliphatic heterocycles. The Labute approximate surface area is 343 Å². The first-order valence-electron chi connectivity index (χ1n) is 18.7. The lowest BCUT2D eigenvalue weighted by molar-refractivity contribution is -0.138. The summed E-state index contributed by atoms with van der Waals surface area (Å²) in [7, 11) is 0. The van der Waals surface area contributed by atoms with Crippen LogP contribution >= 0.6 is 0 Å². The van der Waals surface area contributed by atoms with Gasteiger partial charge in [-0.05, 0) is 83.9 Å². The number of fused-ring (bicyclic) bond motifs is 3. The summed E-state index contributed by atoms with van der Waals surface area (Å²) >= 11 is 0. The van der Waals surface area contributed by atoms with Crippen LogP contribution in [0.15, 0.2) is 158 Å². The van der Waals surface area contributed by atoms with Crippen molar-refractivity contribution in [3.63, 3.8) is 0 Å². The van der Waals surface area contributed by atoms with E-state index in [1.54, 1.807) is 53.1 Å². The largest absolute Gasteiger partial charge is 0.416 e. The monoisotopic (exact) mass is 812 g/mol. The van der Waals surface area contributed by atoms with Crippen LogP contribution in [0.3, 0.4) is 0 Å². The number of nitrogens with zero attached hydrogens (tertiary/aromatic N) is 6. The Kier molecular flexibility index (Phi) is 9.41. The molecule has 0 aliphatic carbocycles. The molecular weight excluding hydrogens is 787 g/mol. The summed E-state index contributed by atoms with van der Waals surface area (Å²) in [4.78, 5) is 14.7. The van der Waals surface area contributed by atoms with Crippen LogP contribution in [0, 0.1) is 22.7 Å². The Morgan fingerprint density at radius 3 is 1.15 bits per heavy atom. The van der Waals surface area contributed by atoms with Crippen LogP contribution in [0.5, 0.6) is 0 Å². The fourth-order valence-electron chi connectivity index (χ4n) is 7.45. The molecule has 0 spiro atoms. The number of halogens is 6. The zero-order valence-electron chi connectivity index (χ0n) is 31.5. The second kappa shape index (κ2) is 14.9. The van der Waals surface area contributed by atoms with Crippen LogP contribution in [0.25, 0.3) is 83.9 Å². The van der Waals surface area contributed by atoms with E-state index in [0.717, 1.165) is 35.4 Å². The molecule has 61 heavy (non-hydrogen) atoms. The minimum absolute atomic E-state index is 0.0472. The molecule has 12 heteroatoms. The molecule has 294 valence electrons. The van der Waals surface area contributed by atoms with Gasteiger partial charge < -0.3 is 4.57 Å². The zero-order chi connectivity index (χ0) is 42.5. The van der Waals surface area contributed by atoms with Gasteiger partial charge in [0.05, 0.1) is 51.1 Å². The summed E-state index contributed by atoms with van der Waals surface area (Å²) in [5.41, 5.74) is 3.56. The van der Waals surface area contributed by atoms with Gasteiger partial charge in [0.1, 0.15) is 0 Å². The number of alkyl halides is 6. The maximum Gasteiger partial charge on any atom is 0.416 e. The van der Waals surface area contributed by atoms with Crippen molar-refractivity contribution >= 4 is 21.8 Å². The van der Waals surface area contributed by atoms with Gasteiger partial charge in [0.15, 0.2) is 17.5 Å². The number of nitriles is 2. The zero-order valence-corrected chi connectivity index (χ0v) is 31.5. The van der Waals surface area contributed by atoms with Crippen LogP contribution in [-0.2, 0) is 12.4 Å². The second-order valence-electron chi connectivity index (χ2n) is 14.1. The van der Waals surface area contributed by atoms with Gasteiger partial charge in [0, 0.05) is 38.6 Å². The molecule has 0 radical (unpaired) electrons. The number of aromatic nitrogens is 4. The Balaban J connectivity index is 1.43. The maximum absolute atomic E-state index is 14.2. The maximum atomic E-state index is 14.2. The van der Waals surface area contributed by atoms with Crippen LogP contribution in [0.1, 0.15) is 22.3 Å². The lowest BCUT2D eigenvalue weighted by Gasteiger charge is -2.21. The standard InChI is InChI=1S/C49H26F6N6/c50-48(51,52)36-19-21-42-40(25-36)41-26-37(49(53,54)55)20-22-43(41)61(42)44-38(31-15-11-29(27-56)12-16-31)23-35(24-39(44)32-17-13-30(28-57)14-18-32)47-59-45(33-7-3-1-4-8-33)58-46(60-47)34-9-5-2-6-10-34/h1-26H. The van der Waals surface area contributed by atoms with Gasteiger partial charge in [0.25, 0.3) is 0 Å². The lowest BCUT2D eigenvalue weighted by Crippen LogP contribution is -2.06. The third-order valence-corrected chi connectivity index (χ3v) is 10.4. The number of rotatable bonds is 6. The Morgan fingerprint density at radius 1 is 0.410 bits per heavy atom. The highest BCUT2D eigenvalue weighted by molar-refractivity contribution is 6.11. The van der Waals surface area contributed by atoms with E-state index in [1.807, 2.05) is 72.8 Å². The quantitative estimate of drug-likeness (QED) is 0.156. The second-order valence-corrected chi connectivity index (χ2v) is 14.1. The van der Waals surface area contributed by atoms with E-state index in [4.69, 9.17) is 15.0 Å². The van der Waals surface area contributed by atoms with E-state index in [9.17, 15) is 36.9 Å². The highest BCUT2D eigenvalue weighted by atomic mass is 19.4. The fraction of sp³-hybridized carbons (Fsp3) is 0.0408. The SMILES string of the molecule is N#Cc1ccc(-c2cc(-c3nc(-c4ccccc4)nc(-c4ccccc4)n3)cc(-c3ccc(C#N)cc3)c2-n2c3ccc(C(F)(F)F)cc3c3cc(C(F)(F)F)ccc32)cc1. The number of hydrogen-bond acceptors (Lipinski definition) is 5. The predicted molar refractivity (Wildman–Crippen MR) is 221 cm³/mol. The van der Waals surface area contributed by atoms with Crippen molar-refractivity contribution in [1.82, 2.24) is 19.5 Å². The molecule has 0 aliphatic rings. The number of hydrogen-bond donors (Lipinski definition) is 0. The van der Waals surface area contributed by atoms with Crippen LogP contribution in [0.2, 0.25) is 0 Å². The van der Waals surface area contributed by atoms with Gasteiger partial charge in [-0.3, -0.25) is 0 Å². The highest BCUT2D eigenvalue weighted by Gasteiger charge is 2.34. The van der Waals surface area contributed by atoms with E-state index < -0.39 is 23.5 Å². The third-order valence-electron chi connectivity index (χ3n) is 10.4. The normalized spacial score (nSPS) is 11.7. The molecule has 2 heterocycles. The van der Waals surface area contributed by atoms with Crippen LogP contribution < -0.4 is 0 Å². The molecule has 7 aromatic carbocycles. The van der Waals surface area contributed by atoms with Gasteiger partial charge in [-0.1, -0.05) is 84.9 Å². The van der Waals surface area contributed by atoms with Crippen molar-refractivity contribution in [3.05, 3.63) is 180 Å². The third kappa shape index (κ3) is 7.21. The van der Waals surface area contributed by atoms with Crippen LogP contribution in [-0.4, -0.2) is 19.5 Å². The molecule has 0 N–H and O–H groups in total. The molecule has 0 bridgehead atoms. The van der Waals surface area contributed by atoms with E-state index in [-0.39, 0.29) is 27.6 Å². The molecule has 0 fully saturated rings. The molecular formula is C49H26F6N6. The van der Waals surface area contributed by atoms with Gasteiger partial charge in [-0.25, -0.2) is 15.0 Å². The average Bonchev–Trinajstić information content (AvgIpc) is 3.61.